The number of rotatable bonds is 9. The molecule has 0 aliphatic carbocycles. The Morgan fingerprint density at radius 3 is 1.63 bits per heavy atom. The van der Waals surface area contributed by atoms with E-state index in [1.54, 1.807) is 27.7 Å². The summed E-state index contributed by atoms with van der Waals surface area (Å²) in [5, 5.41) is 0. The molecule has 0 aliphatic rings. The minimum Gasteiger partial charge on any atom is -0.464 e. The fourth-order valence-electron chi connectivity index (χ4n) is 2.17. The molecule has 3 atom stereocenters. The maximum absolute atomic E-state index is 12.7. The maximum atomic E-state index is 12.7. The van der Waals surface area contributed by atoms with E-state index < -0.39 is 42.0 Å². The van der Waals surface area contributed by atoms with Gasteiger partial charge in [0.2, 0.25) is 11.8 Å². The summed E-state index contributed by atoms with van der Waals surface area (Å²) in [4.78, 5) is 52.7. The van der Waals surface area contributed by atoms with Crippen molar-refractivity contribution < 1.29 is 28.7 Å². The number of hydrogen-bond donors (Lipinski definition) is 0. The highest BCUT2D eigenvalue weighted by atomic mass is 16.6. The van der Waals surface area contributed by atoms with Gasteiger partial charge in [0.25, 0.3) is 0 Å². The van der Waals surface area contributed by atoms with Crippen molar-refractivity contribution in [3.05, 3.63) is 0 Å². The number of esters is 1. The molecule has 0 rings (SSSR count). The molecule has 156 valence electrons. The average Bonchev–Trinajstić information content (AvgIpc) is 2.67. The molecule has 0 aromatic carbocycles. The summed E-state index contributed by atoms with van der Waals surface area (Å²) in [5.41, 5.74) is 0. The van der Waals surface area contributed by atoms with Gasteiger partial charge in [-0.15, -0.1) is 0 Å². The van der Waals surface area contributed by atoms with Crippen LogP contribution in [0, 0.1) is 0 Å². The third-order valence-electron chi connectivity index (χ3n) is 4.50. The number of amides is 3. The largest absolute Gasteiger partial charge is 0.464 e. The van der Waals surface area contributed by atoms with Crippen molar-refractivity contribution in [3.8, 4) is 0 Å². The lowest BCUT2D eigenvalue weighted by molar-refractivity contribution is -0.155. The molecule has 0 aromatic rings. The number of carbonyl (C=O) groups is 4. The van der Waals surface area contributed by atoms with Gasteiger partial charge in [0.15, 0.2) is 0 Å². The van der Waals surface area contributed by atoms with Crippen LogP contribution in [-0.2, 0) is 23.9 Å². The average molecular weight is 387 g/mol. The molecule has 0 bridgehead atoms. The molecule has 0 saturated carbocycles. The summed E-state index contributed by atoms with van der Waals surface area (Å²) in [6.07, 6.45) is 0.0799. The van der Waals surface area contributed by atoms with Crippen LogP contribution in [0.15, 0.2) is 0 Å². The van der Waals surface area contributed by atoms with Crippen molar-refractivity contribution in [1.82, 2.24) is 14.7 Å². The first-order valence-electron chi connectivity index (χ1n) is 9.10. The van der Waals surface area contributed by atoms with Crippen LogP contribution < -0.4 is 0 Å². The summed E-state index contributed by atoms with van der Waals surface area (Å²) in [7, 11) is 4.43. The van der Waals surface area contributed by atoms with Crippen molar-refractivity contribution in [3.63, 3.8) is 0 Å². The van der Waals surface area contributed by atoms with Crippen molar-refractivity contribution in [2.75, 3.05) is 34.4 Å². The molecule has 0 aromatic heterocycles. The summed E-state index contributed by atoms with van der Waals surface area (Å²) in [6, 6.07) is -2.39. The molecule has 0 aliphatic heterocycles. The molecule has 27 heavy (non-hydrogen) atoms. The second-order valence-corrected chi connectivity index (χ2v) is 6.40. The minimum atomic E-state index is -0.818. The molecule has 0 N–H and O–H groups in total. The summed E-state index contributed by atoms with van der Waals surface area (Å²) >= 11 is 0. The number of nitrogens with zero attached hydrogens (tertiary/aromatic N) is 3. The van der Waals surface area contributed by atoms with Crippen LogP contribution in [-0.4, -0.2) is 91.1 Å². The molecular formula is C18H33N3O6. The van der Waals surface area contributed by atoms with Crippen LogP contribution >= 0.6 is 0 Å². The van der Waals surface area contributed by atoms with E-state index in [-0.39, 0.29) is 13.2 Å². The Bertz CT molecular complexity index is 539. The highest BCUT2D eigenvalue weighted by molar-refractivity contribution is 5.92. The number of likely N-dealkylation sites (N-methyl/N-ethyl adjacent to an activating group) is 3. The van der Waals surface area contributed by atoms with Crippen molar-refractivity contribution in [1.29, 1.82) is 0 Å². The zero-order chi connectivity index (χ0) is 21.3. The summed E-state index contributed by atoms with van der Waals surface area (Å²) in [5.74, 6) is -1.33. The van der Waals surface area contributed by atoms with E-state index in [0.717, 1.165) is 0 Å². The van der Waals surface area contributed by atoms with Crippen LogP contribution in [0.25, 0.3) is 0 Å². The Hall–Kier alpha value is -2.32. The van der Waals surface area contributed by atoms with E-state index in [1.165, 1.54) is 35.8 Å². The standard InChI is InChI=1S/C18H33N3O6/c1-9-11-27-18(25)21(8)13(4)16(23)19(6)12(3)15(22)20(7)14(5)17(24)26-10-2/h12-14H,9-11H2,1-8H3. The topological polar surface area (TPSA) is 96.5 Å². The van der Waals surface area contributed by atoms with Crippen molar-refractivity contribution in [2.45, 2.75) is 59.2 Å². The Balaban J connectivity index is 5.01. The van der Waals surface area contributed by atoms with Gasteiger partial charge < -0.3 is 19.3 Å². The van der Waals surface area contributed by atoms with Gasteiger partial charge in [0.05, 0.1) is 13.2 Å². The maximum Gasteiger partial charge on any atom is 0.410 e. The molecule has 0 radical (unpaired) electrons. The Morgan fingerprint density at radius 2 is 1.19 bits per heavy atom. The normalized spacial score (nSPS) is 13.8. The second-order valence-electron chi connectivity index (χ2n) is 6.40. The van der Waals surface area contributed by atoms with Gasteiger partial charge in [-0.2, -0.15) is 0 Å². The highest BCUT2D eigenvalue weighted by Gasteiger charge is 2.34. The lowest BCUT2D eigenvalue weighted by Crippen LogP contribution is -2.54. The molecule has 3 unspecified atom stereocenters. The molecule has 0 spiro atoms. The predicted octanol–water partition coefficient (Wildman–Crippen LogP) is 1.11. The lowest BCUT2D eigenvalue weighted by Gasteiger charge is -2.33. The lowest BCUT2D eigenvalue weighted by atomic mass is 10.2. The second kappa shape index (κ2) is 11.4. The van der Waals surface area contributed by atoms with E-state index in [4.69, 9.17) is 9.47 Å². The van der Waals surface area contributed by atoms with Crippen LogP contribution in [0.2, 0.25) is 0 Å². The molecule has 0 saturated heterocycles. The smallest absolute Gasteiger partial charge is 0.410 e. The van der Waals surface area contributed by atoms with Crippen LogP contribution in [0.3, 0.4) is 0 Å². The van der Waals surface area contributed by atoms with Gasteiger partial charge in [-0.25, -0.2) is 9.59 Å². The molecule has 9 nitrogen and oxygen atoms in total. The monoisotopic (exact) mass is 387 g/mol. The Kier molecular flexibility index (Phi) is 10.4. The first-order valence-corrected chi connectivity index (χ1v) is 9.10. The molecule has 9 heteroatoms. The SMILES string of the molecule is CCCOC(=O)N(C)C(C)C(=O)N(C)C(C)C(=O)N(C)C(C)C(=O)OCC. The zero-order valence-corrected chi connectivity index (χ0v) is 17.6. The van der Waals surface area contributed by atoms with Crippen LogP contribution in [0.4, 0.5) is 4.79 Å². The van der Waals surface area contributed by atoms with E-state index in [0.29, 0.717) is 6.42 Å². The fraction of sp³-hybridized carbons (Fsp3) is 0.778. The zero-order valence-electron chi connectivity index (χ0n) is 17.6. The summed E-state index contributed by atoms with van der Waals surface area (Å²) < 4.78 is 9.94. The number of ether oxygens (including phenoxy) is 2. The molecule has 0 fully saturated rings. The fourth-order valence-corrected chi connectivity index (χ4v) is 2.17. The number of hydrogen-bond acceptors (Lipinski definition) is 6. The van der Waals surface area contributed by atoms with E-state index in [2.05, 4.69) is 0 Å². The van der Waals surface area contributed by atoms with Gasteiger partial charge in [0, 0.05) is 21.1 Å². The van der Waals surface area contributed by atoms with Crippen LogP contribution in [0.1, 0.15) is 41.0 Å². The quantitative estimate of drug-likeness (QED) is 0.550. The predicted molar refractivity (Wildman–Crippen MR) is 100.0 cm³/mol. The van der Waals surface area contributed by atoms with Crippen LogP contribution in [0.5, 0.6) is 0 Å². The highest BCUT2D eigenvalue weighted by Crippen LogP contribution is 2.10. The van der Waals surface area contributed by atoms with Gasteiger partial charge in [-0.05, 0) is 34.1 Å². The van der Waals surface area contributed by atoms with Crippen molar-refractivity contribution >= 4 is 23.9 Å². The molecular weight excluding hydrogens is 354 g/mol. The summed E-state index contributed by atoms with van der Waals surface area (Å²) in [6.45, 7) is 8.74. The van der Waals surface area contributed by atoms with E-state index in [1.807, 2.05) is 6.92 Å². The Morgan fingerprint density at radius 1 is 0.741 bits per heavy atom. The molecule has 3 amide bonds. The van der Waals surface area contributed by atoms with Gasteiger partial charge in [-0.3, -0.25) is 14.5 Å². The van der Waals surface area contributed by atoms with Crippen molar-refractivity contribution in [2.24, 2.45) is 0 Å². The third-order valence-corrected chi connectivity index (χ3v) is 4.50. The van der Waals surface area contributed by atoms with Gasteiger partial charge >= 0.3 is 12.1 Å². The minimum absolute atomic E-state index is 0.219. The molecule has 0 heterocycles. The van der Waals surface area contributed by atoms with E-state index in [9.17, 15) is 19.2 Å². The van der Waals surface area contributed by atoms with E-state index >= 15 is 0 Å². The first-order chi connectivity index (χ1) is 12.5. The van der Waals surface area contributed by atoms with Gasteiger partial charge in [0.1, 0.15) is 18.1 Å². The first kappa shape index (κ1) is 24.7. The Labute approximate surface area is 161 Å². The number of carbonyl (C=O) groups excluding carboxylic acids is 4. The third kappa shape index (κ3) is 6.73. The van der Waals surface area contributed by atoms with Gasteiger partial charge in [-0.1, -0.05) is 6.92 Å².